The summed E-state index contributed by atoms with van der Waals surface area (Å²) in [5.74, 6) is 0.866. The van der Waals surface area contributed by atoms with Crippen LogP contribution in [0.15, 0.2) is 34.9 Å². The standard InChI is InChI=1S/C13H13N3O/c1-8-15-11(6-14)13(16-8)10-7-17-12-5-3-2-4-9(10)12/h2-5,7H,6,14H2,1H3,(H,15,16). The molecule has 1 aromatic carbocycles. The van der Waals surface area contributed by atoms with Crippen LogP contribution in [-0.2, 0) is 6.54 Å². The molecule has 17 heavy (non-hydrogen) atoms. The third kappa shape index (κ3) is 1.54. The number of rotatable bonds is 2. The highest BCUT2D eigenvalue weighted by atomic mass is 16.3. The number of hydrogen-bond donors (Lipinski definition) is 2. The lowest BCUT2D eigenvalue weighted by Crippen LogP contribution is -1.98. The summed E-state index contributed by atoms with van der Waals surface area (Å²) in [5, 5.41) is 1.06. The van der Waals surface area contributed by atoms with E-state index in [9.17, 15) is 0 Å². The van der Waals surface area contributed by atoms with E-state index < -0.39 is 0 Å². The average molecular weight is 227 g/mol. The molecule has 0 bridgehead atoms. The van der Waals surface area contributed by atoms with Gasteiger partial charge in [0.05, 0.1) is 11.4 Å². The van der Waals surface area contributed by atoms with Crippen LogP contribution in [0.1, 0.15) is 11.5 Å². The molecule has 0 spiro atoms. The number of aromatic nitrogens is 2. The van der Waals surface area contributed by atoms with Gasteiger partial charge >= 0.3 is 0 Å². The Bertz CT molecular complexity index is 666. The third-order valence-electron chi connectivity index (χ3n) is 2.84. The van der Waals surface area contributed by atoms with Crippen molar-refractivity contribution in [1.82, 2.24) is 9.97 Å². The third-order valence-corrected chi connectivity index (χ3v) is 2.84. The number of benzene rings is 1. The Morgan fingerprint density at radius 2 is 2.18 bits per heavy atom. The number of hydrogen-bond acceptors (Lipinski definition) is 3. The molecule has 2 aromatic heterocycles. The lowest BCUT2D eigenvalue weighted by Gasteiger charge is -1.96. The molecule has 0 radical (unpaired) electrons. The molecule has 3 aromatic rings. The van der Waals surface area contributed by atoms with Crippen LogP contribution < -0.4 is 5.73 Å². The van der Waals surface area contributed by atoms with Gasteiger partial charge in [0, 0.05) is 17.5 Å². The molecule has 0 amide bonds. The number of nitrogens with one attached hydrogen (secondary N) is 1. The summed E-state index contributed by atoms with van der Waals surface area (Å²) in [6.07, 6.45) is 1.74. The van der Waals surface area contributed by atoms with Crippen molar-refractivity contribution in [2.24, 2.45) is 5.73 Å². The molecule has 0 unspecified atom stereocenters. The van der Waals surface area contributed by atoms with Crippen molar-refractivity contribution in [1.29, 1.82) is 0 Å². The lowest BCUT2D eigenvalue weighted by atomic mass is 10.1. The quantitative estimate of drug-likeness (QED) is 0.707. The van der Waals surface area contributed by atoms with Gasteiger partial charge in [-0.2, -0.15) is 0 Å². The number of furan rings is 1. The Balaban J connectivity index is 2.26. The van der Waals surface area contributed by atoms with Crippen molar-refractivity contribution in [3.05, 3.63) is 42.0 Å². The van der Waals surface area contributed by atoms with Crippen LogP contribution in [0.25, 0.3) is 22.2 Å². The highest BCUT2D eigenvalue weighted by Crippen LogP contribution is 2.31. The maximum atomic E-state index is 5.71. The van der Waals surface area contributed by atoms with Crippen LogP contribution in [-0.4, -0.2) is 9.97 Å². The average Bonchev–Trinajstić information content (AvgIpc) is 2.91. The number of fused-ring (bicyclic) bond motifs is 1. The first-order valence-electron chi connectivity index (χ1n) is 5.51. The SMILES string of the molecule is Cc1nc(-c2coc3ccccc23)c(CN)[nH]1. The number of aromatic amines is 1. The zero-order chi connectivity index (χ0) is 11.8. The highest BCUT2D eigenvalue weighted by molar-refractivity contribution is 5.93. The number of nitrogens with two attached hydrogens (primary N) is 1. The van der Waals surface area contributed by atoms with E-state index in [-0.39, 0.29) is 0 Å². The summed E-state index contributed by atoms with van der Waals surface area (Å²) in [6.45, 7) is 2.36. The van der Waals surface area contributed by atoms with Crippen LogP contribution in [0.4, 0.5) is 0 Å². The van der Waals surface area contributed by atoms with Crippen LogP contribution in [0.5, 0.6) is 0 Å². The Labute approximate surface area is 98.5 Å². The summed E-state index contributed by atoms with van der Waals surface area (Å²) in [5.41, 5.74) is 9.39. The molecule has 4 heteroatoms. The van der Waals surface area contributed by atoms with Gasteiger partial charge in [-0.1, -0.05) is 18.2 Å². The molecule has 0 saturated carbocycles. The second-order valence-corrected chi connectivity index (χ2v) is 4.00. The first-order valence-corrected chi connectivity index (χ1v) is 5.51. The first-order chi connectivity index (χ1) is 8.29. The number of aryl methyl sites for hydroxylation is 1. The van der Waals surface area contributed by atoms with Gasteiger partial charge < -0.3 is 15.1 Å². The van der Waals surface area contributed by atoms with Crippen LogP contribution in [0.3, 0.4) is 0 Å². The summed E-state index contributed by atoms with van der Waals surface area (Å²) in [6, 6.07) is 7.91. The van der Waals surface area contributed by atoms with Gasteiger partial charge in [-0.3, -0.25) is 0 Å². The summed E-state index contributed by atoms with van der Waals surface area (Å²) in [7, 11) is 0. The summed E-state index contributed by atoms with van der Waals surface area (Å²) >= 11 is 0. The Hall–Kier alpha value is -2.07. The van der Waals surface area contributed by atoms with Gasteiger partial charge in [-0.15, -0.1) is 0 Å². The molecule has 3 rings (SSSR count). The van der Waals surface area contributed by atoms with Gasteiger partial charge in [0.15, 0.2) is 0 Å². The van der Waals surface area contributed by atoms with Crippen LogP contribution >= 0.6 is 0 Å². The van der Waals surface area contributed by atoms with Crippen molar-refractivity contribution in [3.8, 4) is 11.3 Å². The zero-order valence-electron chi connectivity index (χ0n) is 9.53. The molecular weight excluding hydrogens is 214 g/mol. The second-order valence-electron chi connectivity index (χ2n) is 4.00. The largest absolute Gasteiger partial charge is 0.464 e. The molecule has 0 saturated heterocycles. The van der Waals surface area contributed by atoms with Crippen LogP contribution in [0.2, 0.25) is 0 Å². The summed E-state index contributed by atoms with van der Waals surface area (Å²) in [4.78, 5) is 7.65. The molecular formula is C13H13N3O. The van der Waals surface area contributed by atoms with Gasteiger partial charge in [-0.05, 0) is 13.0 Å². The normalized spacial score (nSPS) is 11.2. The zero-order valence-corrected chi connectivity index (χ0v) is 9.53. The lowest BCUT2D eigenvalue weighted by molar-refractivity contribution is 0.616. The first kappa shape index (κ1) is 10.1. The molecule has 86 valence electrons. The summed E-state index contributed by atoms with van der Waals surface area (Å²) < 4.78 is 5.52. The Kier molecular flexibility index (Phi) is 2.23. The van der Waals surface area contributed by atoms with Gasteiger partial charge in [0.1, 0.15) is 17.7 Å². The van der Waals surface area contributed by atoms with E-state index in [4.69, 9.17) is 10.2 Å². The van der Waals surface area contributed by atoms with E-state index in [1.165, 1.54) is 0 Å². The topological polar surface area (TPSA) is 67.8 Å². The molecule has 4 nitrogen and oxygen atoms in total. The molecule has 3 N–H and O–H groups in total. The fraction of sp³-hybridized carbons (Fsp3) is 0.154. The Morgan fingerprint density at radius 3 is 3.00 bits per heavy atom. The maximum Gasteiger partial charge on any atom is 0.134 e. The molecule has 2 heterocycles. The minimum atomic E-state index is 0.440. The predicted octanol–water partition coefficient (Wildman–Crippen LogP) is 2.59. The Morgan fingerprint density at radius 1 is 1.35 bits per heavy atom. The van der Waals surface area contributed by atoms with E-state index in [2.05, 4.69) is 9.97 Å². The maximum absolute atomic E-state index is 5.71. The number of imidazole rings is 1. The number of para-hydroxylation sites is 1. The van der Waals surface area contributed by atoms with Gasteiger partial charge in [-0.25, -0.2) is 4.98 Å². The van der Waals surface area contributed by atoms with Crippen LogP contribution in [0, 0.1) is 6.92 Å². The highest BCUT2D eigenvalue weighted by Gasteiger charge is 2.14. The van der Waals surface area contributed by atoms with E-state index in [0.29, 0.717) is 6.54 Å². The predicted molar refractivity (Wildman–Crippen MR) is 66.4 cm³/mol. The molecule has 0 atom stereocenters. The van der Waals surface area contributed by atoms with Crippen molar-refractivity contribution in [2.45, 2.75) is 13.5 Å². The fourth-order valence-electron chi connectivity index (χ4n) is 2.07. The second kappa shape index (κ2) is 3.75. The van der Waals surface area contributed by atoms with Crippen molar-refractivity contribution >= 4 is 11.0 Å². The monoisotopic (exact) mass is 227 g/mol. The van der Waals surface area contributed by atoms with Gasteiger partial charge in [0.2, 0.25) is 0 Å². The van der Waals surface area contributed by atoms with E-state index in [0.717, 1.165) is 33.7 Å². The molecule has 0 aliphatic heterocycles. The van der Waals surface area contributed by atoms with Crippen molar-refractivity contribution < 1.29 is 4.42 Å². The van der Waals surface area contributed by atoms with E-state index in [1.807, 2.05) is 31.2 Å². The molecule has 0 aliphatic carbocycles. The van der Waals surface area contributed by atoms with E-state index in [1.54, 1.807) is 6.26 Å². The minimum Gasteiger partial charge on any atom is -0.464 e. The van der Waals surface area contributed by atoms with Gasteiger partial charge in [0.25, 0.3) is 0 Å². The minimum absolute atomic E-state index is 0.440. The molecule has 0 aliphatic rings. The molecule has 0 fully saturated rings. The fourth-order valence-corrected chi connectivity index (χ4v) is 2.07. The number of nitrogens with zero attached hydrogens (tertiary/aromatic N) is 1. The smallest absolute Gasteiger partial charge is 0.134 e. The van der Waals surface area contributed by atoms with Crippen molar-refractivity contribution in [3.63, 3.8) is 0 Å². The number of H-pyrrole nitrogens is 1. The van der Waals surface area contributed by atoms with Crippen molar-refractivity contribution in [2.75, 3.05) is 0 Å². The van der Waals surface area contributed by atoms with E-state index >= 15 is 0 Å².